The summed E-state index contributed by atoms with van der Waals surface area (Å²) in [5, 5.41) is 11.4. The lowest BCUT2D eigenvalue weighted by Gasteiger charge is -2.34. The van der Waals surface area contributed by atoms with E-state index >= 15 is 0 Å². The van der Waals surface area contributed by atoms with Gasteiger partial charge >= 0.3 is 11.8 Å². The van der Waals surface area contributed by atoms with Crippen LogP contribution in [0, 0.1) is 0 Å². The van der Waals surface area contributed by atoms with Gasteiger partial charge in [0, 0.05) is 27.1 Å². The van der Waals surface area contributed by atoms with E-state index in [1.165, 1.54) is 22.8 Å². The number of aromatic hydroxyl groups is 1. The van der Waals surface area contributed by atoms with E-state index in [-0.39, 0.29) is 15.9 Å². The van der Waals surface area contributed by atoms with Crippen molar-refractivity contribution in [3.63, 3.8) is 0 Å². The first-order valence-electron chi connectivity index (χ1n) is 11.7. The normalized spacial score (nSPS) is 16.2. The summed E-state index contributed by atoms with van der Waals surface area (Å²) in [5.74, 6) is -0.700. The van der Waals surface area contributed by atoms with Gasteiger partial charge in [0.2, 0.25) is 0 Å². The van der Waals surface area contributed by atoms with E-state index in [1.807, 2.05) is 6.07 Å². The van der Waals surface area contributed by atoms with Gasteiger partial charge in [0.05, 0.1) is 11.3 Å². The number of aromatic nitrogens is 1. The van der Waals surface area contributed by atoms with Crippen LogP contribution >= 0.6 is 23.4 Å². The van der Waals surface area contributed by atoms with Crippen LogP contribution < -0.4 is 11.2 Å². The molecule has 1 spiro atoms. The highest BCUT2D eigenvalue weighted by molar-refractivity contribution is 7.99. The SMILES string of the molecule is O=c1oc2cc3n(c(=O)c2c(O)c1Sc1ccccc1C(F)(F)F)-c1ccc(Cl)cc1C31CCCCC1. The van der Waals surface area contributed by atoms with Crippen molar-refractivity contribution in [2.75, 3.05) is 0 Å². The molecule has 3 heterocycles. The van der Waals surface area contributed by atoms with Crippen molar-refractivity contribution in [1.29, 1.82) is 0 Å². The molecule has 0 amide bonds. The fraction of sp³-hybridized carbons (Fsp3) is 0.259. The van der Waals surface area contributed by atoms with Crippen LogP contribution in [0.15, 0.2) is 72.3 Å². The maximum atomic E-state index is 13.9. The molecule has 4 aromatic rings. The van der Waals surface area contributed by atoms with Crippen molar-refractivity contribution in [3.8, 4) is 11.4 Å². The topological polar surface area (TPSA) is 72.4 Å². The Balaban J connectivity index is 1.60. The summed E-state index contributed by atoms with van der Waals surface area (Å²) in [6.45, 7) is 0. The van der Waals surface area contributed by atoms with E-state index in [4.69, 9.17) is 16.0 Å². The van der Waals surface area contributed by atoms with Crippen LogP contribution in [0.3, 0.4) is 0 Å². The minimum Gasteiger partial charge on any atom is -0.505 e. The first-order valence-corrected chi connectivity index (χ1v) is 12.9. The molecule has 6 rings (SSSR count). The molecule has 0 saturated heterocycles. The van der Waals surface area contributed by atoms with Crippen LogP contribution in [0.4, 0.5) is 13.2 Å². The molecule has 0 radical (unpaired) electrons. The molecule has 1 aliphatic carbocycles. The highest BCUT2D eigenvalue weighted by Crippen LogP contribution is 2.52. The minimum atomic E-state index is -4.67. The number of benzene rings is 2. The largest absolute Gasteiger partial charge is 0.505 e. The molecule has 2 aromatic heterocycles. The maximum absolute atomic E-state index is 13.9. The molecule has 2 aliphatic rings. The van der Waals surface area contributed by atoms with Gasteiger partial charge in [-0.05, 0) is 48.7 Å². The average Bonchev–Trinajstić information content (AvgIpc) is 3.10. The van der Waals surface area contributed by atoms with Gasteiger partial charge in [-0.25, -0.2) is 4.79 Å². The van der Waals surface area contributed by atoms with Gasteiger partial charge in [-0.15, -0.1) is 0 Å². The van der Waals surface area contributed by atoms with Gasteiger partial charge < -0.3 is 9.52 Å². The quantitative estimate of drug-likeness (QED) is 0.292. The summed E-state index contributed by atoms with van der Waals surface area (Å²) in [6.07, 6.45) is -0.155. The van der Waals surface area contributed by atoms with Crippen LogP contribution in [-0.4, -0.2) is 9.67 Å². The number of halogens is 4. The molecule has 1 aliphatic heterocycles. The molecule has 190 valence electrons. The van der Waals surface area contributed by atoms with E-state index in [0.717, 1.165) is 43.7 Å². The molecule has 5 nitrogen and oxygen atoms in total. The Labute approximate surface area is 217 Å². The number of nitrogens with zero attached hydrogens (tertiary/aromatic N) is 1. The van der Waals surface area contributed by atoms with Crippen molar-refractivity contribution in [3.05, 3.63) is 91.1 Å². The van der Waals surface area contributed by atoms with E-state index in [2.05, 4.69) is 0 Å². The molecule has 0 atom stereocenters. The first-order chi connectivity index (χ1) is 17.6. The first kappa shape index (κ1) is 24.2. The number of pyridine rings is 1. The standard InChI is InChI=1S/C27H19ClF3NO4S/c28-14-8-9-17-16(12-14)26(10-4-1-5-11-26)20-13-18-21(24(34)32(17)20)22(33)23(25(35)36-18)37-19-7-3-2-6-15(19)27(29,30)31/h2-3,6-9,12-13,33H,1,4-5,10-11H2. The van der Waals surface area contributed by atoms with Crippen molar-refractivity contribution >= 4 is 34.3 Å². The zero-order valence-electron chi connectivity index (χ0n) is 19.2. The summed E-state index contributed by atoms with van der Waals surface area (Å²) in [4.78, 5) is 26.0. The Kier molecular flexibility index (Phi) is 5.51. The third-order valence-electron chi connectivity index (χ3n) is 7.33. The molecule has 0 bridgehead atoms. The van der Waals surface area contributed by atoms with E-state index in [9.17, 15) is 27.9 Å². The Morgan fingerprint density at radius 1 is 1.03 bits per heavy atom. The van der Waals surface area contributed by atoms with Crippen molar-refractivity contribution in [2.24, 2.45) is 0 Å². The number of hydrogen-bond donors (Lipinski definition) is 1. The zero-order valence-corrected chi connectivity index (χ0v) is 20.8. The highest BCUT2D eigenvalue weighted by atomic mass is 35.5. The summed E-state index contributed by atoms with van der Waals surface area (Å²) in [6, 6.07) is 11.6. The monoisotopic (exact) mass is 545 g/mol. The second-order valence-corrected chi connectivity index (χ2v) is 10.9. The summed E-state index contributed by atoms with van der Waals surface area (Å²) in [7, 11) is 0. The summed E-state index contributed by atoms with van der Waals surface area (Å²) < 4.78 is 47.6. The van der Waals surface area contributed by atoms with Gasteiger partial charge in [0.15, 0.2) is 5.75 Å². The van der Waals surface area contributed by atoms with Crippen LogP contribution in [0.2, 0.25) is 5.02 Å². The highest BCUT2D eigenvalue weighted by Gasteiger charge is 2.46. The van der Waals surface area contributed by atoms with Gasteiger partial charge in [0.1, 0.15) is 15.9 Å². The van der Waals surface area contributed by atoms with Crippen LogP contribution in [0.5, 0.6) is 5.75 Å². The van der Waals surface area contributed by atoms with Gasteiger partial charge in [-0.2, -0.15) is 13.2 Å². The molecular weight excluding hydrogens is 527 g/mol. The molecule has 1 fully saturated rings. The van der Waals surface area contributed by atoms with Crippen molar-refractivity contribution in [2.45, 2.75) is 53.5 Å². The lowest BCUT2D eigenvalue weighted by Crippen LogP contribution is -2.31. The lowest BCUT2D eigenvalue weighted by atomic mass is 9.68. The second-order valence-electron chi connectivity index (χ2n) is 9.38. The summed E-state index contributed by atoms with van der Waals surface area (Å²) in [5.41, 5.74) is -0.978. The average molecular weight is 546 g/mol. The second kappa shape index (κ2) is 8.43. The van der Waals surface area contributed by atoms with Crippen molar-refractivity contribution in [1.82, 2.24) is 4.57 Å². The number of alkyl halides is 3. The molecule has 2 aromatic carbocycles. The number of fused-ring (bicyclic) bond motifs is 6. The minimum absolute atomic E-state index is 0.101. The number of rotatable bonds is 2. The maximum Gasteiger partial charge on any atom is 0.417 e. The predicted octanol–water partition coefficient (Wildman–Crippen LogP) is 7.04. The summed E-state index contributed by atoms with van der Waals surface area (Å²) >= 11 is 6.75. The number of hydrogen-bond acceptors (Lipinski definition) is 5. The Bertz CT molecular complexity index is 1700. The van der Waals surface area contributed by atoms with Crippen LogP contribution in [0.25, 0.3) is 16.7 Å². The van der Waals surface area contributed by atoms with Crippen LogP contribution in [0.1, 0.15) is 48.9 Å². The van der Waals surface area contributed by atoms with Gasteiger partial charge in [0.25, 0.3) is 5.56 Å². The Morgan fingerprint density at radius 2 is 1.76 bits per heavy atom. The van der Waals surface area contributed by atoms with E-state index in [1.54, 1.807) is 18.2 Å². The lowest BCUT2D eigenvalue weighted by molar-refractivity contribution is -0.139. The zero-order chi connectivity index (χ0) is 26.1. The third-order valence-corrected chi connectivity index (χ3v) is 8.70. The van der Waals surface area contributed by atoms with Crippen LogP contribution in [-0.2, 0) is 11.6 Å². The molecule has 1 saturated carbocycles. The molecular formula is C27H19ClF3NO4S. The Hall–Kier alpha value is -3.17. The van der Waals surface area contributed by atoms with Gasteiger partial charge in [-0.3, -0.25) is 9.36 Å². The smallest absolute Gasteiger partial charge is 0.417 e. The Morgan fingerprint density at radius 3 is 2.49 bits per heavy atom. The molecule has 0 unspecified atom stereocenters. The molecule has 37 heavy (non-hydrogen) atoms. The molecule has 10 heteroatoms. The fourth-order valence-electron chi connectivity index (χ4n) is 5.73. The molecule has 1 N–H and O–H groups in total. The van der Waals surface area contributed by atoms with Crippen molar-refractivity contribution < 1.29 is 22.7 Å². The predicted molar refractivity (Wildman–Crippen MR) is 134 cm³/mol. The third kappa shape index (κ3) is 3.62. The fourth-order valence-corrected chi connectivity index (χ4v) is 6.88. The van der Waals surface area contributed by atoms with E-state index in [0.29, 0.717) is 28.2 Å². The van der Waals surface area contributed by atoms with E-state index < -0.39 is 39.0 Å². The van der Waals surface area contributed by atoms with Gasteiger partial charge in [-0.1, -0.05) is 54.8 Å².